The monoisotopic (exact) mass is 259 g/mol. The molecule has 7 nitrogen and oxygen atoms in total. The molecule has 0 atom stereocenters. The van der Waals surface area contributed by atoms with Gasteiger partial charge in [-0.1, -0.05) is 6.07 Å². The molecule has 19 heavy (non-hydrogen) atoms. The molecule has 0 radical (unpaired) electrons. The lowest BCUT2D eigenvalue weighted by molar-refractivity contribution is 0.0600. The van der Waals surface area contributed by atoms with E-state index in [-0.39, 0.29) is 5.71 Å². The molecular formula is C12H13N5O2. The Hall–Kier alpha value is -2.88. The molecule has 98 valence electrons. The number of benzene rings is 1. The van der Waals surface area contributed by atoms with Crippen LogP contribution < -0.4 is 11.2 Å². The molecule has 0 spiro atoms. The smallest absolute Gasteiger partial charge is 0.338 e. The molecule has 0 saturated carbocycles. The van der Waals surface area contributed by atoms with E-state index < -0.39 is 11.8 Å². The molecule has 1 aromatic carbocycles. The Balaban J connectivity index is 3.07. The number of nitrogens with one attached hydrogen (secondary N) is 2. The summed E-state index contributed by atoms with van der Waals surface area (Å²) in [5, 5.41) is 19.5. The molecule has 0 fully saturated rings. The van der Waals surface area contributed by atoms with Crippen LogP contribution in [0, 0.1) is 23.7 Å². The van der Waals surface area contributed by atoms with E-state index in [1.165, 1.54) is 7.11 Å². The van der Waals surface area contributed by atoms with Crippen LogP contribution in [0.25, 0.3) is 0 Å². The van der Waals surface area contributed by atoms with Crippen molar-refractivity contribution in [3.05, 3.63) is 29.3 Å². The van der Waals surface area contributed by atoms with Crippen molar-refractivity contribution >= 4 is 23.2 Å². The Labute approximate surface area is 110 Å². The highest BCUT2D eigenvalue weighted by molar-refractivity contribution is 6.45. The summed E-state index contributed by atoms with van der Waals surface area (Å²) >= 11 is 0. The second kappa shape index (κ2) is 6.16. The number of carbonyl (C=O) groups excluding carboxylic acids is 1. The number of hydrazone groups is 1. The average Bonchev–Trinajstić information content (AvgIpc) is 2.40. The summed E-state index contributed by atoms with van der Waals surface area (Å²) in [5.41, 5.74) is 9.07. The van der Waals surface area contributed by atoms with Crippen molar-refractivity contribution in [3.63, 3.8) is 0 Å². The third-order valence-corrected chi connectivity index (χ3v) is 2.39. The number of hydrogen-bond donors (Lipinski definition) is 3. The van der Waals surface area contributed by atoms with Crippen LogP contribution in [-0.4, -0.2) is 24.6 Å². The van der Waals surface area contributed by atoms with Crippen LogP contribution in [0.5, 0.6) is 0 Å². The topological polar surface area (TPSA) is 124 Å². The van der Waals surface area contributed by atoms with Gasteiger partial charge in [0.1, 0.15) is 6.07 Å². The van der Waals surface area contributed by atoms with Crippen LogP contribution >= 0.6 is 0 Å². The van der Waals surface area contributed by atoms with Crippen molar-refractivity contribution in [2.75, 3.05) is 12.5 Å². The van der Waals surface area contributed by atoms with E-state index in [1.807, 2.05) is 0 Å². The lowest BCUT2D eigenvalue weighted by Gasteiger charge is -2.09. The summed E-state index contributed by atoms with van der Waals surface area (Å²) in [4.78, 5) is 11.5. The van der Waals surface area contributed by atoms with Crippen LogP contribution in [0.15, 0.2) is 23.3 Å². The fraction of sp³-hybridized carbons (Fsp3) is 0.167. The normalized spacial score (nSPS) is 10.5. The summed E-state index contributed by atoms with van der Waals surface area (Å²) < 4.78 is 4.65. The highest BCUT2D eigenvalue weighted by Gasteiger charge is 2.11. The van der Waals surface area contributed by atoms with Gasteiger partial charge in [-0.25, -0.2) is 4.79 Å². The first-order valence-corrected chi connectivity index (χ1v) is 5.27. The van der Waals surface area contributed by atoms with Crippen LogP contribution in [0.4, 0.5) is 5.69 Å². The van der Waals surface area contributed by atoms with E-state index in [1.54, 1.807) is 31.2 Å². The van der Waals surface area contributed by atoms with Gasteiger partial charge in [0, 0.05) is 0 Å². The SMILES string of the molecule is COC(=O)c1cccc(N/N=C(\C#N)C(=N)N)c1C. The van der Waals surface area contributed by atoms with Crippen molar-refractivity contribution in [1.29, 1.82) is 10.7 Å². The van der Waals surface area contributed by atoms with Gasteiger partial charge in [0.15, 0.2) is 5.84 Å². The van der Waals surface area contributed by atoms with Crippen LogP contribution in [0.2, 0.25) is 0 Å². The third kappa shape index (κ3) is 3.29. The molecule has 0 bridgehead atoms. The number of esters is 1. The first-order valence-electron chi connectivity index (χ1n) is 5.27. The zero-order valence-electron chi connectivity index (χ0n) is 10.5. The molecule has 1 aromatic rings. The second-order valence-electron chi connectivity index (χ2n) is 3.57. The molecule has 0 aliphatic heterocycles. The Bertz CT molecular complexity index is 586. The summed E-state index contributed by atoms with van der Waals surface area (Å²) in [5.74, 6) is -0.894. The summed E-state index contributed by atoms with van der Waals surface area (Å²) in [7, 11) is 1.30. The van der Waals surface area contributed by atoms with Gasteiger partial charge in [-0.15, -0.1) is 0 Å². The number of hydrogen-bond acceptors (Lipinski definition) is 6. The molecule has 0 aromatic heterocycles. The van der Waals surface area contributed by atoms with Gasteiger partial charge in [-0.3, -0.25) is 10.8 Å². The van der Waals surface area contributed by atoms with Crippen molar-refractivity contribution in [2.45, 2.75) is 6.92 Å². The fourth-order valence-electron chi connectivity index (χ4n) is 1.35. The minimum Gasteiger partial charge on any atom is -0.465 e. The van der Waals surface area contributed by atoms with Gasteiger partial charge in [-0.2, -0.15) is 10.4 Å². The maximum absolute atomic E-state index is 11.5. The molecule has 1 rings (SSSR count). The van der Waals surface area contributed by atoms with E-state index in [0.717, 1.165) is 0 Å². The van der Waals surface area contributed by atoms with Crippen LogP contribution in [0.3, 0.4) is 0 Å². The Kier molecular flexibility index (Phi) is 4.60. The van der Waals surface area contributed by atoms with Gasteiger partial charge < -0.3 is 10.5 Å². The fourth-order valence-corrected chi connectivity index (χ4v) is 1.35. The lowest BCUT2D eigenvalue weighted by Crippen LogP contribution is -2.22. The second-order valence-corrected chi connectivity index (χ2v) is 3.57. The standard InChI is InChI=1S/C12H13N5O2/c1-7-8(12(18)19-2)4-3-5-9(7)16-17-10(6-13)11(14)15/h3-5,16H,1-2H3,(H3,14,15)/b17-10+. The van der Waals surface area contributed by atoms with E-state index >= 15 is 0 Å². The largest absolute Gasteiger partial charge is 0.465 e. The Morgan fingerprint density at radius 3 is 2.79 bits per heavy atom. The minimum absolute atomic E-state index is 0.233. The number of methoxy groups -OCH3 is 1. The van der Waals surface area contributed by atoms with Gasteiger partial charge >= 0.3 is 5.97 Å². The van der Waals surface area contributed by atoms with E-state index in [0.29, 0.717) is 16.8 Å². The molecular weight excluding hydrogens is 246 g/mol. The number of nitrogens with two attached hydrogens (primary N) is 1. The highest BCUT2D eigenvalue weighted by Crippen LogP contribution is 2.19. The predicted octanol–water partition coefficient (Wildman–Crippen LogP) is 1.01. The van der Waals surface area contributed by atoms with Crippen molar-refractivity contribution in [1.82, 2.24) is 0 Å². The first-order chi connectivity index (χ1) is 9.01. The zero-order chi connectivity index (χ0) is 14.4. The van der Waals surface area contributed by atoms with Crippen molar-refractivity contribution < 1.29 is 9.53 Å². The lowest BCUT2D eigenvalue weighted by atomic mass is 10.1. The molecule has 7 heteroatoms. The van der Waals surface area contributed by atoms with E-state index in [2.05, 4.69) is 15.3 Å². The number of amidine groups is 1. The van der Waals surface area contributed by atoms with Gasteiger partial charge in [0.2, 0.25) is 5.71 Å². The Morgan fingerprint density at radius 2 is 2.26 bits per heavy atom. The minimum atomic E-state index is -0.461. The predicted molar refractivity (Wildman–Crippen MR) is 71.1 cm³/mol. The summed E-state index contributed by atoms with van der Waals surface area (Å²) in [6, 6.07) is 6.63. The summed E-state index contributed by atoms with van der Waals surface area (Å²) in [6.07, 6.45) is 0. The highest BCUT2D eigenvalue weighted by atomic mass is 16.5. The van der Waals surface area contributed by atoms with E-state index in [4.69, 9.17) is 16.4 Å². The number of nitriles is 1. The summed E-state index contributed by atoms with van der Waals surface area (Å²) in [6.45, 7) is 1.71. The molecule has 0 aliphatic rings. The molecule has 0 aliphatic carbocycles. The van der Waals surface area contributed by atoms with Crippen molar-refractivity contribution in [3.8, 4) is 6.07 Å². The number of carbonyl (C=O) groups is 1. The first kappa shape index (κ1) is 14.2. The Morgan fingerprint density at radius 1 is 1.58 bits per heavy atom. The van der Waals surface area contributed by atoms with Crippen molar-refractivity contribution in [2.24, 2.45) is 10.8 Å². The number of anilines is 1. The maximum Gasteiger partial charge on any atom is 0.338 e. The maximum atomic E-state index is 11.5. The molecule has 0 amide bonds. The van der Waals surface area contributed by atoms with Gasteiger partial charge in [0.05, 0.1) is 18.4 Å². The van der Waals surface area contributed by atoms with Gasteiger partial charge in [0.25, 0.3) is 0 Å². The quantitative estimate of drug-likeness (QED) is 0.322. The number of nitrogens with zero attached hydrogens (tertiary/aromatic N) is 2. The molecule has 0 heterocycles. The third-order valence-electron chi connectivity index (χ3n) is 2.39. The van der Waals surface area contributed by atoms with Crippen LogP contribution in [-0.2, 0) is 4.74 Å². The molecule has 0 saturated heterocycles. The van der Waals surface area contributed by atoms with E-state index in [9.17, 15) is 4.79 Å². The average molecular weight is 259 g/mol. The molecule has 0 unspecified atom stereocenters. The molecule has 4 N–H and O–H groups in total. The van der Waals surface area contributed by atoms with Crippen LogP contribution in [0.1, 0.15) is 15.9 Å². The number of rotatable bonds is 4. The zero-order valence-corrected chi connectivity index (χ0v) is 10.5. The van der Waals surface area contributed by atoms with Gasteiger partial charge in [-0.05, 0) is 24.6 Å². The number of ether oxygens (including phenoxy) is 1.